The van der Waals surface area contributed by atoms with Crippen LogP contribution in [0.2, 0.25) is 0 Å². The molecule has 0 saturated carbocycles. The first-order valence-electron chi connectivity index (χ1n) is 5.71. The predicted molar refractivity (Wildman–Crippen MR) is 74.4 cm³/mol. The Labute approximate surface area is 109 Å². The fourth-order valence-corrected chi connectivity index (χ4v) is 1.85. The van der Waals surface area contributed by atoms with Crippen molar-refractivity contribution in [3.8, 4) is 11.5 Å². The highest BCUT2D eigenvalue weighted by molar-refractivity contribution is 7.80. The monoisotopic (exact) mass is 255 g/mol. The Bertz CT molecular complexity index is 344. The van der Waals surface area contributed by atoms with E-state index in [1.807, 2.05) is 12.1 Å². The van der Waals surface area contributed by atoms with Crippen LogP contribution in [-0.2, 0) is 6.54 Å². The normalized spacial score (nSPS) is 10.6. The highest BCUT2D eigenvalue weighted by Gasteiger charge is 2.06. The van der Waals surface area contributed by atoms with Crippen LogP contribution in [0.25, 0.3) is 0 Å². The van der Waals surface area contributed by atoms with Crippen molar-refractivity contribution < 1.29 is 9.47 Å². The number of ether oxygens (including phenoxy) is 2. The highest BCUT2D eigenvalue weighted by Crippen LogP contribution is 2.27. The van der Waals surface area contributed by atoms with Gasteiger partial charge < -0.3 is 14.4 Å². The number of thiol groups is 1. The molecule has 0 amide bonds. The molecule has 96 valence electrons. The van der Waals surface area contributed by atoms with E-state index in [2.05, 4.69) is 30.6 Å². The van der Waals surface area contributed by atoms with Crippen LogP contribution in [0, 0.1) is 0 Å². The largest absolute Gasteiger partial charge is 0.493 e. The fraction of sp³-hybridized carbons (Fsp3) is 0.538. The Balaban J connectivity index is 2.65. The number of methoxy groups -OCH3 is 2. The maximum absolute atomic E-state index is 5.28. The zero-order valence-electron chi connectivity index (χ0n) is 10.8. The van der Waals surface area contributed by atoms with Gasteiger partial charge >= 0.3 is 0 Å². The standard InChI is InChI=1S/C13H21NO2S/c1-14(7-4-8-17)10-11-5-6-12(15-2)13(9-11)16-3/h5-6,9,17H,4,7-8,10H2,1-3H3. The van der Waals surface area contributed by atoms with Crippen molar-refractivity contribution >= 4 is 12.6 Å². The van der Waals surface area contributed by atoms with Crippen LogP contribution < -0.4 is 9.47 Å². The van der Waals surface area contributed by atoms with Crippen LogP contribution in [-0.4, -0.2) is 38.5 Å². The topological polar surface area (TPSA) is 21.7 Å². The molecule has 0 bridgehead atoms. The van der Waals surface area contributed by atoms with Crippen molar-refractivity contribution in [2.45, 2.75) is 13.0 Å². The third kappa shape index (κ3) is 4.48. The van der Waals surface area contributed by atoms with Crippen molar-refractivity contribution in [1.29, 1.82) is 0 Å². The Hall–Kier alpha value is -0.870. The molecule has 1 rings (SSSR count). The molecule has 0 aliphatic carbocycles. The molecule has 1 aromatic carbocycles. The van der Waals surface area contributed by atoms with Gasteiger partial charge in [-0.1, -0.05) is 6.07 Å². The van der Waals surface area contributed by atoms with E-state index in [4.69, 9.17) is 9.47 Å². The lowest BCUT2D eigenvalue weighted by atomic mass is 10.2. The van der Waals surface area contributed by atoms with E-state index in [-0.39, 0.29) is 0 Å². The van der Waals surface area contributed by atoms with E-state index < -0.39 is 0 Å². The highest BCUT2D eigenvalue weighted by atomic mass is 32.1. The van der Waals surface area contributed by atoms with Crippen LogP contribution in [0.15, 0.2) is 18.2 Å². The van der Waals surface area contributed by atoms with Gasteiger partial charge in [0.2, 0.25) is 0 Å². The minimum absolute atomic E-state index is 0.772. The summed E-state index contributed by atoms with van der Waals surface area (Å²) in [7, 11) is 5.42. The molecular weight excluding hydrogens is 234 g/mol. The molecule has 0 aliphatic heterocycles. The molecule has 0 aromatic heterocycles. The minimum Gasteiger partial charge on any atom is -0.493 e. The number of rotatable bonds is 7. The SMILES string of the molecule is COc1ccc(CN(C)CCCS)cc1OC. The molecule has 0 unspecified atom stereocenters. The average Bonchev–Trinajstić information content (AvgIpc) is 2.36. The Morgan fingerprint density at radius 2 is 1.88 bits per heavy atom. The van der Waals surface area contributed by atoms with Crippen molar-refractivity contribution in [3.63, 3.8) is 0 Å². The van der Waals surface area contributed by atoms with Gasteiger partial charge in [-0.3, -0.25) is 0 Å². The van der Waals surface area contributed by atoms with Gasteiger partial charge in [-0.05, 0) is 43.5 Å². The van der Waals surface area contributed by atoms with Crippen LogP contribution >= 0.6 is 12.6 Å². The van der Waals surface area contributed by atoms with E-state index >= 15 is 0 Å². The van der Waals surface area contributed by atoms with Crippen LogP contribution in [0.5, 0.6) is 11.5 Å². The fourth-order valence-electron chi connectivity index (χ4n) is 1.71. The van der Waals surface area contributed by atoms with Gasteiger partial charge in [-0.25, -0.2) is 0 Å². The molecule has 0 aliphatic rings. The molecule has 0 radical (unpaired) electrons. The van der Waals surface area contributed by atoms with Crippen molar-refractivity contribution in [2.75, 3.05) is 33.6 Å². The summed E-state index contributed by atoms with van der Waals surface area (Å²) in [4.78, 5) is 2.28. The van der Waals surface area contributed by atoms with E-state index in [0.717, 1.165) is 36.8 Å². The second kappa shape index (κ2) is 7.45. The zero-order valence-corrected chi connectivity index (χ0v) is 11.7. The number of nitrogens with zero attached hydrogens (tertiary/aromatic N) is 1. The summed E-state index contributed by atoms with van der Waals surface area (Å²) in [6.45, 7) is 1.96. The summed E-state index contributed by atoms with van der Waals surface area (Å²) in [5, 5.41) is 0. The van der Waals surface area contributed by atoms with E-state index in [0.29, 0.717) is 0 Å². The van der Waals surface area contributed by atoms with Gasteiger partial charge in [0, 0.05) is 6.54 Å². The van der Waals surface area contributed by atoms with Gasteiger partial charge in [0.25, 0.3) is 0 Å². The second-order valence-corrected chi connectivity index (χ2v) is 4.45. The molecule has 0 heterocycles. The van der Waals surface area contributed by atoms with Gasteiger partial charge in [0.15, 0.2) is 11.5 Å². The molecule has 0 atom stereocenters. The van der Waals surface area contributed by atoms with Crippen molar-refractivity contribution in [1.82, 2.24) is 4.90 Å². The number of hydrogen-bond acceptors (Lipinski definition) is 4. The Morgan fingerprint density at radius 3 is 2.47 bits per heavy atom. The van der Waals surface area contributed by atoms with Crippen LogP contribution in [0.1, 0.15) is 12.0 Å². The summed E-state index contributed by atoms with van der Waals surface area (Å²) in [5.41, 5.74) is 1.23. The molecule has 4 heteroatoms. The van der Waals surface area contributed by atoms with Gasteiger partial charge in [-0.2, -0.15) is 12.6 Å². The maximum atomic E-state index is 5.28. The third-order valence-corrected chi connectivity index (χ3v) is 2.91. The lowest BCUT2D eigenvalue weighted by Gasteiger charge is -2.17. The number of hydrogen-bond donors (Lipinski definition) is 1. The summed E-state index contributed by atoms with van der Waals surface area (Å²) in [5.74, 6) is 2.48. The molecule has 3 nitrogen and oxygen atoms in total. The van der Waals surface area contributed by atoms with Crippen molar-refractivity contribution in [2.24, 2.45) is 0 Å². The predicted octanol–water partition coefficient (Wildman–Crippen LogP) is 2.46. The van der Waals surface area contributed by atoms with Crippen LogP contribution in [0.4, 0.5) is 0 Å². The van der Waals surface area contributed by atoms with Crippen LogP contribution in [0.3, 0.4) is 0 Å². The lowest BCUT2D eigenvalue weighted by Crippen LogP contribution is -2.19. The third-order valence-electron chi connectivity index (χ3n) is 2.60. The van der Waals surface area contributed by atoms with Crippen molar-refractivity contribution in [3.05, 3.63) is 23.8 Å². The first-order valence-corrected chi connectivity index (χ1v) is 6.34. The minimum atomic E-state index is 0.772. The number of benzene rings is 1. The smallest absolute Gasteiger partial charge is 0.161 e. The Morgan fingerprint density at radius 1 is 1.18 bits per heavy atom. The average molecular weight is 255 g/mol. The van der Waals surface area contributed by atoms with E-state index in [9.17, 15) is 0 Å². The Kier molecular flexibility index (Phi) is 6.22. The zero-order chi connectivity index (χ0) is 12.7. The van der Waals surface area contributed by atoms with Gasteiger partial charge in [-0.15, -0.1) is 0 Å². The first-order chi connectivity index (χ1) is 8.21. The summed E-state index contributed by atoms with van der Waals surface area (Å²) in [6, 6.07) is 6.04. The van der Waals surface area contributed by atoms with E-state index in [1.165, 1.54) is 5.56 Å². The maximum Gasteiger partial charge on any atom is 0.161 e. The summed E-state index contributed by atoms with van der Waals surface area (Å²) < 4.78 is 10.5. The molecular formula is C13H21NO2S. The van der Waals surface area contributed by atoms with Gasteiger partial charge in [0.05, 0.1) is 14.2 Å². The molecule has 0 spiro atoms. The molecule has 0 N–H and O–H groups in total. The molecule has 1 aromatic rings. The summed E-state index contributed by atoms with van der Waals surface area (Å²) >= 11 is 4.22. The second-order valence-electron chi connectivity index (χ2n) is 4.00. The van der Waals surface area contributed by atoms with Gasteiger partial charge in [0.1, 0.15) is 0 Å². The first kappa shape index (κ1) is 14.2. The van der Waals surface area contributed by atoms with E-state index in [1.54, 1.807) is 14.2 Å². The molecule has 17 heavy (non-hydrogen) atoms. The quantitative estimate of drug-likeness (QED) is 0.756. The molecule has 0 saturated heterocycles. The lowest BCUT2D eigenvalue weighted by molar-refractivity contribution is 0.325. The molecule has 0 fully saturated rings. The summed E-state index contributed by atoms with van der Waals surface area (Å²) in [6.07, 6.45) is 1.10.